The van der Waals surface area contributed by atoms with Gasteiger partial charge in [-0.15, -0.1) is 0 Å². The van der Waals surface area contributed by atoms with Crippen LogP contribution in [0.2, 0.25) is 0 Å². The maximum absolute atomic E-state index is 10.6. The van der Waals surface area contributed by atoms with Gasteiger partial charge in [0.25, 0.3) is 0 Å². The van der Waals surface area contributed by atoms with Gasteiger partial charge in [-0.05, 0) is 6.92 Å². The van der Waals surface area contributed by atoms with Gasteiger partial charge in [-0.3, -0.25) is 0 Å². The van der Waals surface area contributed by atoms with Crippen molar-refractivity contribution >= 4 is 17.1 Å². The van der Waals surface area contributed by atoms with Crippen molar-refractivity contribution in [3.05, 3.63) is 17.5 Å². The minimum atomic E-state index is -1.02. The number of fused-ring (bicyclic) bond motifs is 1. The van der Waals surface area contributed by atoms with E-state index in [0.717, 1.165) is 0 Å². The summed E-state index contributed by atoms with van der Waals surface area (Å²) in [6, 6.07) is 0. The lowest BCUT2D eigenvalue weighted by Gasteiger charge is -1.81. The molecule has 2 rings (SSSR count). The molecule has 0 aliphatic rings. The Bertz CT molecular complexity index is 440. The van der Waals surface area contributed by atoms with E-state index in [1.165, 1.54) is 6.20 Å². The third kappa shape index (κ3) is 0.730. The second kappa shape index (κ2) is 2.10. The molecule has 2 aromatic heterocycles. The van der Waals surface area contributed by atoms with Gasteiger partial charge in [0.2, 0.25) is 0 Å². The van der Waals surface area contributed by atoms with E-state index in [9.17, 15) is 4.79 Å². The highest BCUT2D eigenvalue weighted by Crippen LogP contribution is 2.20. The lowest BCUT2D eigenvalue weighted by molar-refractivity contribution is 0.0697. The Hall–Kier alpha value is -1.78. The smallest absolute Gasteiger partial charge is 0.341 e. The predicted molar refractivity (Wildman–Crippen MR) is 40.1 cm³/mol. The Morgan fingerprint density at radius 3 is 3.17 bits per heavy atom. The van der Waals surface area contributed by atoms with E-state index in [1.54, 1.807) is 6.92 Å². The molecule has 0 bridgehead atoms. The topological polar surface area (TPSA) is 79.1 Å². The van der Waals surface area contributed by atoms with Crippen LogP contribution in [0.1, 0.15) is 16.1 Å². The van der Waals surface area contributed by atoms with Gasteiger partial charge in [-0.2, -0.15) is 0 Å². The Kier molecular flexibility index (Phi) is 1.21. The number of aryl methyl sites for hydroxylation is 1. The van der Waals surface area contributed by atoms with Crippen LogP contribution in [0.15, 0.2) is 10.7 Å². The zero-order valence-corrected chi connectivity index (χ0v) is 6.29. The van der Waals surface area contributed by atoms with Crippen molar-refractivity contribution in [2.45, 2.75) is 6.92 Å². The molecule has 5 heteroatoms. The fourth-order valence-corrected chi connectivity index (χ4v) is 1.09. The number of aromatic amines is 1. The number of carbonyl (C=O) groups is 1. The number of hydrogen-bond acceptors (Lipinski definition) is 3. The molecule has 5 nitrogen and oxygen atoms in total. The molecule has 2 aromatic rings. The summed E-state index contributed by atoms with van der Waals surface area (Å²) in [7, 11) is 0. The summed E-state index contributed by atoms with van der Waals surface area (Å²) < 4.78 is 4.82. The summed E-state index contributed by atoms with van der Waals surface area (Å²) in [5, 5.41) is 12.3. The molecule has 0 saturated carbocycles. The van der Waals surface area contributed by atoms with Crippen molar-refractivity contribution in [2.75, 3.05) is 0 Å². The minimum absolute atomic E-state index is 0.116. The number of hydrogen-bond donors (Lipinski definition) is 2. The normalized spacial score (nSPS) is 10.8. The molecule has 0 radical (unpaired) electrons. The standard InChI is InChI=1S/C7H6N2O3/c1-3-5-6(12-9-3)4(2-8-5)7(10)11/h2,8H,1H3,(H,10,11). The summed E-state index contributed by atoms with van der Waals surface area (Å²) in [6.45, 7) is 1.74. The first-order valence-corrected chi connectivity index (χ1v) is 3.37. The highest BCUT2D eigenvalue weighted by Gasteiger charge is 2.16. The Labute approximate surface area is 67.0 Å². The van der Waals surface area contributed by atoms with Gasteiger partial charge in [0.1, 0.15) is 16.8 Å². The lowest BCUT2D eigenvalue weighted by atomic mass is 10.3. The molecular formula is C7H6N2O3. The average molecular weight is 166 g/mol. The van der Waals surface area contributed by atoms with Crippen LogP contribution in [-0.4, -0.2) is 21.2 Å². The predicted octanol–water partition coefficient (Wildman–Crippen LogP) is 1.16. The zero-order chi connectivity index (χ0) is 8.72. The largest absolute Gasteiger partial charge is 0.477 e. The van der Waals surface area contributed by atoms with E-state index in [0.29, 0.717) is 16.8 Å². The molecule has 0 amide bonds. The first kappa shape index (κ1) is 6.90. The Morgan fingerprint density at radius 1 is 1.75 bits per heavy atom. The lowest BCUT2D eigenvalue weighted by Crippen LogP contribution is -1.92. The van der Waals surface area contributed by atoms with Gasteiger partial charge in [-0.1, -0.05) is 5.16 Å². The summed E-state index contributed by atoms with van der Waals surface area (Å²) in [4.78, 5) is 13.4. The van der Waals surface area contributed by atoms with Crippen LogP contribution in [0.3, 0.4) is 0 Å². The third-order valence-electron chi connectivity index (χ3n) is 1.70. The van der Waals surface area contributed by atoms with E-state index in [-0.39, 0.29) is 5.56 Å². The summed E-state index contributed by atoms with van der Waals surface area (Å²) in [5.74, 6) is -1.02. The molecule has 0 atom stereocenters. The van der Waals surface area contributed by atoms with Crippen LogP contribution in [0.25, 0.3) is 11.1 Å². The van der Waals surface area contributed by atoms with Crippen LogP contribution < -0.4 is 0 Å². The van der Waals surface area contributed by atoms with Gasteiger partial charge in [0.05, 0.1) is 0 Å². The molecule has 2 heterocycles. The summed E-state index contributed by atoms with van der Waals surface area (Å²) >= 11 is 0. The SMILES string of the molecule is Cc1noc2c(C(=O)O)c[nH]c12. The number of aromatic carboxylic acids is 1. The van der Waals surface area contributed by atoms with E-state index >= 15 is 0 Å². The fourth-order valence-electron chi connectivity index (χ4n) is 1.09. The van der Waals surface area contributed by atoms with Crippen LogP contribution in [0, 0.1) is 6.92 Å². The number of H-pyrrole nitrogens is 1. The molecule has 12 heavy (non-hydrogen) atoms. The first-order valence-electron chi connectivity index (χ1n) is 3.37. The molecule has 0 saturated heterocycles. The van der Waals surface area contributed by atoms with Gasteiger partial charge in [0, 0.05) is 6.20 Å². The number of nitrogens with zero attached hydrogens (tertiary/aromatic N) is 1. The van der Waals surface area contributed by atoms with Crippen LogP contribution in [0.4, 0.5) is 0 Å². The van der Waals surface area contributed by atoms with Crippen LogP contribution in [0.5, 0.6) is 0 Å². The zero-order valence-electron chi connectivity index (χ0n) is 6.29. The number of rotatable bonds is 1. The number of nitrogens with one attached hydrogen (secondary N) is 1. The Morgan fingerprint density at radius 2 is 2.50 bits per heavy atom. The summed E-state index contributed by atoms with van der Waals surface area (Å²) in [6.07, 6.45) is 1.39. The Balaban J connectivity index is 2.79. The minimum Gasteiger partial charge on any atom is -0.477 e. The van der Waals surface area contributed by atoms with Gasteiger partial charge >= 0.3 is 5.97 Å². The van der Waals surface area contributed by atoms with Crippen LogP contribution >= 0.6 is 0 Å². The number of carboxylic acids is 1. The van der Waals surface area contributed by atoms with E-state index in [1.807, 2.05) is 0 Å². The molecule has 0 aliphatic heterocycles. The van der Waals surface area contributed by atoms with Crippen molar-refractivity contribution in [1.29, 1.82) is 0 Å². The molecule has 0 aliphatic carbocycles. The van der Waals surface area contributed by atoms with Gasteiger partial charge in [0.15, 0.2) is 5.58 Å². The number of carboxylic acid groups (broad SMARTS) is 1. The second-order valence-corrected chi connectivity index (χ2v) is 2.48. The summed E-state index contributed by atoms with van der Waals surface area (Å²) in [5.41, 5.74) is 1.73. The average Bonchev–Trinajstić information content (AvgIpc) is 2.53. The van der Waals surface area contributed by atoms with E-state index in [4.69, 9.17) is 9.63 Å². The van der Waals surface area contributed by atoms with Gasteiger partial charge < -0.3 is 14.6 Å². The molecule has 2 N–H and O–H groups in total. The highest BCUT2D eigenvalue weighted by atomic mass is 16.5. The number of aromatic nitrogens is 2. The van der Waals surface area contributed by atoms with E-state index in [2.05, 4.69) is 10.1 Å². The molecule has 0 spiro atoms. The maximum atomic E-state index is 10.6. The van der Waals surface area contributed by atoms with Crippen molar-refractivity contribution < 1.29 is 14.4 Å². The van der Waals surface area contributed by atoms with Crippen molar-refractivity contribution in [3.8, 4) is 0 Å². The fraction of sp³-hybridized carbons (Fsp3) is 0.143. The third-order valence-corrected chi connectivity index (χ3v) is 1.70. The van der Waals surface area contributed by atoms with Crippen molar-refractivity contribution in [1.82, 2.24) is 10.1 Å². The van der Waals surface area contributed by atoms with E-state index < -0.39 is 5.97 Å². The quantitative estimate of drug-likeness (QED) is 0.666. The molecule has 0 unspecified atom stereocenters. The monoisotopic (exact) mass is 166 g/mol. The highest BCUT2D eigenvalue weighted by molar-refractivity contribution is 6.00. The molecule has 62 valence electrons. The van der Waals surface area contributed by atoms with Crippen molar-refractivity contribution in [2.24, 2.45) is 0 Å². The van der Waals surface area contributed by atoms with Gasteiger partial charge in [-0.25, -0.2) is 4.79 Å². The molecule has 0 fully saturated rings. The second-order valence-electron chi connectivity index (χ2n) is 2.48. The first-order chi connectivity index (χ1) is 5.70. The molecular weight excluding hydrogens is 160 g/mol. The van der Waals surface area contributed by atoms with Crippen molar-refractivity contribution in [3.63, 3.8) is 0 Å². The van der Waals surface area contributed by atoms with Crippen LogP contribution in [-0.2, 0) is 0 Å². The maximum Gasteiger partial charge on any atom is 0.341 e. The molecule has 0 aromatic carbocycles.